The highest BCUT2D eigenvalue weighted by Gasteiger charge is 2.32. The zero-order valence-corrected chi connectivity index (χ0v) is 7.05. The molecule has 1 rings (SSSR count). The summed E-state index contributed by atoms with van der Waals surface area (Å²) in [6.07, 6.45) is 2.55. The van der Waals surface area contributed by atoms with E-state index in [4.69, 9.17) is 4.43 Å². The van der Waals surface area contributed by atoms with Gasteiger partial charge in [-0.05, 0) is 32.4 Å². The lowest BCUT2D eigenvalue weighted by Gasteiger charge is -2.30. The van der Waals surface area contributed by atoms with Gasteiger partial charge >= 0.3 is 8.56 Å². The molecule has 9 heavy (non-hydrogen) atoms. The standard InChI is InChI=1S/C6H14O2Si/c1-6-4-3-5-9(2,7)8-6/h6-7H,3-5H2,1-2H3. The van der Waals surface area contributed by atoms with Gasteiger partial charge in [-0.1, -0.05) is 0 Å². The molecule has 1 saturated heterocycles. The maximum absolute atomic E-state index is 9.46. The van der Waals surface area contributed by atoms with Gasteiger partial charge in [-0.15, -0.1) is 0 Å². The molecule has 0 spiro atoms. The minimum atomic E-state index is -2.15. The Balaban J connectivity index is 2.41. The quantitative estimate of drug-likeness (QED) is 0.521. The van der Waals surface area contributed by atoms with Crippen LogP contribution in [0.25, 0.3) is 0 Å². The van der Waals surface area contributed by atoms with Crippen LogP contribution in [0.1, 0.15) is 19.8 Å². The molecular formula is C6H14O2Si. The molecule has 1 N–H and O–H groups in total. The lowest BCUT2D eigenvalue weighted by atomic mass is 10.2. The highest BCUT2D eigenvalue weighted by Crippen LogP contribution is 2.22. The average molecular weight is 146 g/mol. The van der Waals surface area contributed by atoms with Gasteiger partial charge < -0.3 is 9.22 Å². The molecule has 1 aliphatic rings. The molecule has 3 heteroatoms. The second-order valence-electron chi connectivity index (χ2n) is 3.00. The molecule has 0 aromatic carbocycles. The molecule has 0 aromatic rings. The van der Waals surface area contributed by atoms with Crippen molar-refractivity contribution in [3.8, 4) is 0 Å². The van der Waals surface area contributed by atoms with E-state index in [0.29, 0.717) is 6.10 Å². The Morgan fingerprint density at radius 1 is 1.67 bits per heavy atom. The molecule has 1 aliphatic heterocycles. The molecule has 0 aliphatic carbocycles. The second-order valence-corrected chi connectivity index (χ2v) is 6.08. The van der Waals surface area contributed by atoms with Crippen molar-refractivity contribution in [2.75, 3.05) is 0 Å². The number of rotatable bonds is 0. The minimum absolute atomic E-state index is 0.292. The van der Waals surface area contributed by atoms with Gasteiger partial charge in [0, 0.05) is 6.10 Å². The van der Waals surface area contributed by atoms with E-state index in [1.807, 2.05) is 13.5 Å². The lowest BCUT2D eigenvalue weighted by Crippen LogP contribution is -2.41. The fourth-order valence-corrected chi connectivity index (χ4v) is 3.23. The first-order valence-electron chi connectivity index (χ1n) is 3.50. The van der Waals surface area contributed by atoms with Crippen LogP contribution in [0, 0.1) is 0 Å². The Kier molecular flexibility index (Phi) is 1.93. The Bertz CT molecular complexity index is 103. The van der Waals surface area contributed by atoms with Gasteiger partial charge in [-0.25, -0.2) is 0 Å². The third-order valence-electron chi connectivity index (χ3n) is 1.71. The summed E-state index contributed by atoms with van der Waals surface area (Å²) in [5, 5.41) is 0. The van der Waals surface area contributed by atoms with E-state index >= 15 is 0 Å². The van der Waals surface area contributed by atoms with E-state index in [0.717, 1.165) is 18.9 Å². The average Bonchev–Trinajstić information content (AvgIpc) is 1.60. The van der Waals surface area contributed by atoms with E-state index in [2.05, 4.69) is 0 Å². The van der Waals surface area contributed by atoms with Gasteiger partial charge in [-0.3, -0.25) is 0 Å². The van der Waals surface area contributed by atoms with Crippen LogP contribution in [-0.4, -0.2) is 19.5 Å². The van der Waals surface area contributed by atoms with Crippen LogP contribution in [0.5, 0.6) is 0 Å². The summed E-state index contributed by atoms with van der Waals surface area (Å²) in [5.74, 6) is 0. The topological polar surface area (TPSA) is 29.5 Å². The molecule has 1 heterocycles. The molecule has 54 valence electrons. The van der Waals surface area contributed by atoms with Crippen molar-refractivity contribution in [1.29, 1.82) is 0 Å². The Morgan fingerprint density at radius 2 is 2.33 bits per heavy atom. The third-order valence-corrected chi connectivity index (χ3v) is 3.90. The molecule has 2 unspecified atom stereocenters. The molecule has 0 aromatic heterocycles. The summed E-state index contributed by atoms with van der Waals surface area (Å²) in [5.41, 5.74) is 0. The fourth-order valence-electron chi connectivity index (χ4n) is 1.27. The van der Waals surface area contributed by atoms with Gasteiger partial charge in [0.1, 0.15) is 0 Å². The fraction of sp³-hybridized carbons (Fsp3) is 1.00. The van der Waals surface area contributed by atoms with Crippen molar-refractivity contribution in [2.24, 2.45) is 0 Å². The van der Waals surface area contributed by atoms with Crippen molar-refractivity contribution >= 4 is 8.56 Å². The van der Waals surface area contributed by atoms with Gasteiger partial charge in [0.25, 0.3) is 0 Å². The highest BCUT2D eigenvalue weighted by molar-refractivity contribution is 6.64. The Hall–Kier alpha value is 0.137. The van der Waals surface area contributed by atoms with Crippen molar-refractivity contribution in [3.05, 3.63) is 0 Å². The van der Waals surface area contributed by atoms with Crippen LogP contribution < -0.4 is 0 Å². The molecule has 1 fully saturated rings. The van der Waals surface area contributed by atoms with E-state index < -0.39 is 8.56 Å². The highest BCUT2D eigenvalue weighted by atomic mass is 28.4. The minimum Gasteiger partial charge on any atom is -0.411 e. The van der Waals surface area contributed by atoms with Crippen LogP contribution in [0.15, 0.2) is 0 Å². The third kappa shape index (κ3) is 2.08. The van der Waals surface area contributed by atoms with E-state index in [1.54, 1.807) is 0 Å². The Labute approximate surface area is 57.1 Å². The monoisotopic (exact) mass is 146 g/mol. The number of hydrogen-bond acceptors (Lipinski definition) is 2. The van der Waals surface area contributed by atoms with Gasteiger partial charge in [0.2, 0.25) is 0 Å². The maximum Gasteiger partial charge on any atom is 0.332 e. The van der Waals surface area contributed by atoms with E-state index in [-0.39, 0.29) is 0 Å². The SMILES string of the molecule is CC1CCC[Si](C)(O)O1. The predicted molar refractivity (Wildman–Crippen MR) is 38.4 cm³/mol. The first-order valence-corrected chi connectivity index (χ1v) is 6.07. The summed E-state index contributed by atoms with van der Waals surface area (Å²) in [4.78, 5) is 9.46. The van der Waals surface area contributed by atoms with Crippen molar-refractivity contribution < 1.29 is 9.22 Å². The van der Waals surface area contributed by atoms with Crippen LogP contribution in [-0.2, 0) is 4.43 Å². The summed E-state index contributed by atoms with van der Waals surface area (Å²) < 4.78 is 5.37. The van der Waals surface area contributed by atoms with Gasteiger partial charge in [0.05, 0.1) is 0 Å². The van der Waals surface area contributed by atoms with Crippen molar-refractivity contribution in [2.45, 2.75) is 38.5 Å². The summed E-state index contributed by atoms with van der Waals surface area (Å²) in [7, 11) is -2.15. The van der Waals surface area contributed by atoms with Crippen molar-refractivity contribution in [1.82, 2.24) is 0 Å². The molecule has 2 nitrogen and oxygen atoms in total. The molecule has 0 radical (unpaired) electrons. The Morgan fingerprint density at radius 3 is 2.67 bits per heavy atom. The van der Waals surface area contributed by atoms with Crippen LogP contribution in [0.3, 0.4) is 0 Å². The molecule has 0 bridgehead atoms. The normalized spacial score (nSPS) is 45.0. The summed E-state index contributed by atoms with van der Waals surface area (Å²) >= 11 is 0. The van der Waals surface area contributed by atoms with E-state index in [9.17, 15) is 4.80 Å². The molecule has 2 atom stereocenters. The lowest BCUT2D eigenvalue weighted by molar-refractivity contribution is 0.133. The number of hydrogen-bond donors (Lipinski definition) is 1. The first kappa shape index (κ1) is 7.25. The summed E-state index contributed by atoms with van der Waals surface area (Å²) in [6.45, 7) is 3.89. The second kappa shape index (κ2) is 2.40. The zero-order chi connectivity index (χ0) is 6.91. The largest absolute Gasteiger partial charge is 0.411 e. The molecule has 0 amide bonds. The van der Waals surface area contributed by atoms with Gasteiger partial charge in [-0.2, -0.15) is 0 Å². The predicted octanol–water partition coefficient (Wildman–Crippen LogP) is 1.25. The summed E-state index contributed by atoms with van der Waals surface area (Å²) in [6, 6.07) is 0.914. The van der Waals surface area contributed by atoms with Crippen LogP contribution in [0.4, 0.5) is 0 Å². The smallest absolute Gasteiger partial charge is 0.332 e. The van der Waals surface area contributed by atoms with Gasteiger partial charge in [0.15, 0.2) is 0 Å². The van der Waals surface area contributed by atoms with Crippen LogP contribution >= 0.6 is 0 Å². The van der Waals surface area contributed by atoms with E-state index in [1.165, 1.54) is 0 Å². The van der Waals surface area contributed by atoms with Crippen molar-refractivity contribution in [3.63, 3.8) is 0 Å². The molecular weight excluding hydrogens is 132 g/mol. The first-order chi connectivity index (χ1) is 4.10. The molecule has 0 saturated carbocycles. The van der Waals surface area contributed by atoms with Crippen LogP contribution in [0.2, 0.25) is 12.6 Å². The maximum atomic E-state index is 9.46. The zero-order valence-electron chi connectivity index (χ0n) is 6.05.